The summed E-state index contributed by atoms with van der Waals surface area (Å²) in [6.45, 7) is 9.26. The number of fused-ring (bicyclic) bond motifs is 3. The molecule has 2 unspecified atom stereocenters. The number of carbonyl (C=O) groups is 4. The number of sulfonamides is 1. The Hall–Kier alpha value is -5.79. The van der Waals surface area contributed by atoms with Gasteiger partial charge in [0.2, 0.25) is 21.8 Å². The summed E-state index contributed by atoms with van der Waals surface area (Å²) in [7, 11) is -0.950. The first-order valence-electron chi connectivity index (χ1n) is 22.7. The Kier molecular flexibility index (Phi) is 14.8. The number of thiazole rings is 1. The minimum absolute atomic E-state index is 0.00767. The Bertz CT molecular complexity index is 2600. The normalized spacial score (nSPS) is 23.1. The van der Waals surface area contributed by atoms with Crippen molar-refractivity contribution in [1.82, 2.24) is 29.8 Å². The number of benzene rings is 2. The number of nitrogens with one attached hydrogen (secondary N) is 3. The Morgan fingerprint density at radius 2 is 1.82 bits per heavy atom. The molecule has 19 heteroatoms. The van der Waals surface area contributed by atoms with Crippen LogP contribution in [0.1, 0.15) is 79.6 Å². The molecule has 3 amide bonds. The maximum Gasteiger partial charge on any atom is 0.408 e. The molecular weight excluding hydrogens is 899 g/mol. The van der Waals surface area contributed by atoms with Crippen molar-refractivity contribution in [2.75, 3.05) is 32.6 Å². The van der Waals surface area contributed by atoms with Crippen molar-refractivity contribution in [3.63, 3.8) is 0 Å². The van der Waals surface area contributed by atoms with Gasteiger partial charge in [0.1, 0.15) is 47.0 Å². The zero-order valence-corrected chi connectivity index (χ0v) is 40.6. The van der Waals surface area contributed by atoms with E-state index in [4.69, 9.17) is 24.2 Å². The van der Waals surface area contributed by atoms with E-state index in [0.717, 1.165) is 15.9 Å². The number of ether oxygens (including phenoxy) is 3. The number of anilines is 1. The molecule has 1 saturated carbocycles. The molecule has 2 aliphatic heterocycles. The molecule has 0 radical (unpaired) electrons. The number of likely N-dealkylation sites (N-methyl/N-ethyl adjacent to an activating group) is 1. The zero-order valence-electron chi connectivity index (χ0n) is 39.0. The average Bonchev–Trinajstić information content (AvgIpc) is 3.54. The minimum atomic E-state index is -3.93. The number of alkyl carbamates (subject to hydrolysis) is 1. The van der Waals surface area contributed by atoms with E-state index in [0.29, 0.717) is 53.1 Å². The molecule has 2 fully saturated rings. The number of carbonyl (C=O) groups excluding carboxylic acids is 3. The largest absolute Gasteiger partial charge is 0.497 e. The van der Waals surface area contributed by atoms with E-state index in [-0.39, 0.29) is 43.3 Å². The number of pyridine rings is 1. The molecule has 1 saturated heterocycles. The molecular formula is C48H61N7O10S2. The van der Waals surface area contributed by atoms with E-state index >= 15 is 0 Å². The number of aromatic nitrogens is 2. The summed E-state index contributed by atoms with van der Waals surface area (Å²) in [5, 5.41) is 22.6. The van der Waals surface area contributed by atoms with Gasteiger partial charge in [0, 0.05) is 53.7 Å². The second kappa shape index (κ2) is 20.2. The first-order valence-corrected chi connectivity index (χ1v) is 25.0. The van der Waals surface area contributed by atoms with E-state index in [2.05, 4.69) is 16.0 Å². The van der Waals surface area contributed by atoms with Crippen LogP contribution in [0.4, 0.5) is 9.93 Å². The number of allylic oxidation sites excluding steroid dienone is 1. The molecule has 7 rings (SSSR count). The van der Waals surface area contributed by atoms with Crippen molar-refractivity contribution < 1.29 is 46.9 Å². The molecule has 4 N–H and O–H groups in total. The average molecular weight is 960 g/mol. The predicted molar refractivity (Wildman–Crippen MR) is 254 cm³/mol. The van der Waals surface area contributed by atoms with Gasteiger partial charge < -0.3 is 40.2 Å². The van der Waals surface area contributed by atoms with Crippen molar-refractivity contribution in [1.29, 1.82) is 0 Å². The second-order valence-electron chi connectivity index (χ2n) is 18.9. The Morgan fingerprint density at radius 1 is 1.06 bits per heavy atom. The van der Waals surface area contributed by atoms with Crippen LogP contribution in [-0.4, -0.2) is 120 Å². The van der Waals surface area contributed by atoms with E-state index in [9.17, 15) is 32.7 Å². The lowest BCUT2D eigenvalue weighted by Gasteiger charge is -2.34. The molecule has 3 aliphatic rings. The lowest BCUT2D eigenvalue weighted by atomic mass is 9.89. The van der Waals surface area contributed by atoms with Crippen LogP contribution in [0.3, 0.4) is 0 Å². The summed E-state index contributed by atoms with van der Waals surface area (Å²) in [6, 6.07) is 13.0. The number of hydrogen-bond donors (Lipinski definition) is 4. The summed E-state index contributed by atoms with van der Waals surface area (Å²) in [5.41, 5.74) is -0.548. The van der Waals surface area contributed by atoms with Crippen LogP contribution in [0.15, 0.2) is 77.0 Å². The highest BCUT2D eigenvalue weighted by Gasteiger charge is 2.61. The Morgan fingerprint density at radius 3 is 2.52 bits per heavy atom. The number of carboxylic acids is 1. The third-order valence-electron chi connectivity index (χ3n) is 12.5. The fraction of sp³-hybridized carbons (Fsp3) is 0.500. The molecule has 1 aliphatic carbocycles. The van der Waals surface area contributed by atoms with Gasteiger partial charge in [0.25, 0.3) is 0 Å². The summed E-state index contributed by atoms with van der Waals surface area (Å²) >= 11 is 1.44. The Labute approximate surface area is 395 Å². The van der Waals surface area contributed by atoms with Crippen molar-refractivity contribution in [2.45, 2.75) is 120 Å². The second-order valence-corrected chi connectivity index (χ2v) is 21.8. The molecule has 67 heavy (non-hydrogen) atoms. The smallest absolute Gasteiger partial charge is 0.408 e. The fourth-order valence-electron chi connectivity index (χ4n) is 8.46. The third kappa shape index (κ3) is 11.3. The highest BCUT2D eigenvalue weighted by molar-refractivity contribution is 7.89. The summed E-state index contributed by atoms with van der Waals surface area (Å²) < 4.78 is 46.4. The highest BCUT2D eigenvalue weighted by atomic mass is 32.2. The maximum atomic E-state index is 15.0. The van der Waals surface area contributed by atoms with Gasteiger partial charge in [-0.3, -0.25) is 9.59 Å². The van der Waals surface area contributed by atoms with Crippen LogP contribution in [0.2, 0.25) is 0 Å². The molecule has 4 aromatic rings. The Balaban J connectivity index is 1.18. The van der Waals surface area contributed by atoms with Crippen LogP contribution in [0.5, 0.6) is 11.5 Å². The summed E-state index contributed by atoms with van der Waals surface area (Å²) in [6.07, 6.45) is 4.24. The molecule has 2 aromatic heterocycles. The number of amides is 3. The fourth-order valence-corrected chi connectivity index (χ4v) is 10.5. The molecule has 0 spiro atoms. The van der Waals surface area contributed by atoms with Crippen molar-refractivity contribution in [3.8, 4) is 22.9 Å². The van der Waals surface area contributed by atoms with Gasteiger partial charge in [0.15, 0.2) is 5.13 Å². The quantitative estimate of drug-likeness (QED) is 0.101. The van der Waals surface area contributed by atoms with E-state index in [1.54, 1.807) is 43.5 Å². The lowest BCUT2D eigenvalue weighted by molar-refractivity contribution is -0.145. The van der Waals surface area contributed by atoms with Gasteiger partial charge in [0.05, 0.1) is 36.3 Å². The van der Waals surface area contributed by atoms with E-state index < -0.39 is 75.1 Å². The van der Waals surface area contributed by atoms with Crippen LogP contribution < -0.4 is 25.4 Å². The van der Waals surface area contributed by atoms with Crippen molar-refractivity contribution >= 4 is 61.3 Å². The molecule has 6 atom stereocenters. The molecule has 17 nitrogen and oxygen atoms in total. The lowest BCUT2D eigenvalue weighted by Crippen LogP contribution is -2.56. The first-order chi connectivity index (χ1) is 31.8. The van der Waals surface area contributed by atoms with E-state index in [1.807, 2.05) is 58.2 Å². The maximum absolute atomic E-state index is 15.0. The number of methoxy groups -OCH3 is 1. The molecule has 360 valence electrons. The minimum Gasteiger partial charge on any atom is -0.497 e. The number of nitrogens with zero attached hydrogens (tertiary/aromatic N) is 4. The number of rotatable bonds is 13. The molecule has 2 aromatic carbocycles. The van der Waals surface area contributed by atoms with Gasteiger partial charge in [-0.25, -0.2) is 28.0 Å². The zero-order chi connectivity index (χ0) is 48.3. The standard InChI is InChI=1S/C48H61N7O10S2/c1-29(2)49-45-51-38(28-66-45)37-24-40(34-21-20-31(63-7)22-36(34)50-37)64-32-23-39-42(56)53-48(44(58)59)25-30(48)16-12-9-8-10-15-19-35(43(57)55(39)26-32)52-46(60)65-41(47(3,4)5)27-54(6)67(61,62)33-17-13-11-14-18-33/h11-14,16-18,20-22,24,28-30,32,35,39,41H,8-10,15,19,23,25-27H2,1-7H3,(H,49,51)(H,52,60)(H,53,56)(H,58,59)/t30?,32-,35+,39+,41?,48-/m1/s1. The molecule has 4 heterocycles. The van der Waals surface area contributed by atoms with Crippen LogP contribution >= 0.6 is 11.3 Å². The number of carboxylic acid groups (broad SMARTS) is 1. The van der Waals surface area contributed by atoms with Gasteiger partial charge >= 0.3 is 12.1 Å². The van der Waals surface area contributed by atoms with Crippen LogP contribution in [0, 0.1) is 11.3 Å². The summed E-state index contributed by atoms with van der Waals surface area (Å²) in [5.74, 6) is -1.80. The highest BCUT2D eigenvalue weighted by Crippen LogP contribution is 2.46. The SMILES string of the molecule is COc1ccc2c(O[C@@H]3C[C@H]4C(=O)N[C@]5(C(=O)O)CC5C=CCCCCC[C@H](NC(=O)OC(CN(C)S(=O)(=O)c5ccccc5)C(C)(C)C)C(=O)N4C3)cc(-c3csc(NC(C)C)n3)nc2c1. The van der Waals surface area contributed by atoms with Crippen molar-refractivity contribution in [3.05, 3.63) is 72.1 Å². The van der Waals surface area contributed by atoms with Gasteiger partial charge in [-0.05, 0) is 63.8 Å². The van der Waals surface area contributed by atoms with Crippen LogP contribution in [-0.2, 0) is 29.1 Å². The third-order valence-corrected chi connectivity index (χ3v) is 15.1. The van der Waals surface area contributed by atoms with Gasteiger partial charge in [-0.2, -0.15) is 4.31 Å². The van der Waals surface area contributed by atoms with Crippen molar-refractivity contribution in [2.24, 2.45) is 11.3 Å². The van der Waals surface area contributed by atoms with Gasteiger partial charge in [-0.1, -0.05) is 64.0 Å². The molecule has 0 bridgehead atoms. The number of hydrogen-bond acceptors (Lipinski definition) is 13. The topological polar surface area (TPSA) is 219 Å². The summed E-state index contributed by atoms with van der Waals surface area (Å²) in [4.78, 5) is 67.2. The number of aliphatic carboxylic acids is 1. The van der Waals surface area contributed by atoms with Gasteiger partial charge in [-0.15, -0.1) is 11.3 Å². The monoisotopic (exact) mass is 959 g/mol. The first kappa shape index (κ1) is 49.1. The van der Waals surface area contributed by atoms with E-state index in [1.165, 1.54) is 35.4 Å². The predicted octanol–water partition coefficient (Wildman–Crippen LogP) is 6.85. The van der Waals surface area contributed by atoms with Crippen LogP contribution in [0.25, 0.3) is 22.3 Å².